The van der Waals surface area contributed by atoms with Crippen molar-refractivity contribution in [3.05, 3.63) is 35.8 Å². The molecule has 8 heteroatoms. The second-order valence-electron chi connectivity index (χ2n) is 6.75. The van der Waals surface area contributed by atoms with Gasteiger partial charge in [0, 0.05) is 18.0 Å². The van der Waals surface area contributed by atoms with E-state index >= 15 is 0 Å². The quantitative estimate of drug-likeness (QED) is 0.738. The molecule has 2 N–H and O–H groups in total. The summed E-state index contributed by atoms with van der Waals surface area (Å²) in [7, 11) is 0. The van der Waals surface area contributed by atoms with Crippen LogP contribution >= 0.6 is 0 Å². The van der Waals surface area contributed by atoms with Gasteiger partial charge in [0.1, 0.15) is 11.3 Å². The van der Waals surface area contributed by atoms with Crippen LogP contribution in [0.2, 0.25) is 0 Å². The summed E-state index contributed by atoms with van der Waals surface area (Å²) in [5.74, 6) is 0.642. The molecule has 0 saturated carbocycles. The molecule has 0 spiro atoms. The molecule has 0 unspecified atom stereocenters. The van der Waals surface area contributed by atoms with E-state index in [1.54, 1.807) is 12.3 Å². The minimum Gasteiger partial charge on any atom is -0.465 e. The molecule has 1 fully saturated rings. The van der Waals surface area contributed by atoms with Crippen molar-refractivity contribution in [2.45, 2.75) is 38.5 Å². The molecule has 138 valence electrons. The van der Waals surface area contributed by atoms with Gasteiger partial charge >= 0.3 is 6.09 Å². The number of fused-ring (bicyclic) bond motifs is 3. The number of rotatable bonds is 3. The monoisotopic (exact) mass is 365 g/mol. The standard InChI is InChI=1S/C19H19N5O3/c1-11-6-13(4-5-27-11)24-17(10-22-19(25)26)23-16-9-21-15-3-2-12(8-20)7-14(15)18(16)24/h2-3,7,9,11,13,22H,4-6,10H2,1H3,(H,25,26)/t11-,13-/m1/s1. The van der Waals surface area contributed by atoms with E-state index in [4.69, 9.17) is 9.84 Å². The zero-order valence-corrected chi connectivity index (χ0v) is 14.8. The Morgan fingerprint density at radius 2 is 2.33 bits per heavy atom. The molecule has 1 aromatic carbocycles. The number of hydrogen-bond acceptors (Lipinski definition) is 5. The molecular weight excluding hydrogens is 346 g/mol. The summed E-state index contributed by atoms with van der Waals surface area (Å²) in [6, 6.07) is 7.70. The van der Waals surface area contributed by atoms with Gasteiger partial charge in [-0.2, -0.15) is 5.26 Å². The Bertz CT molecular complexity index is 1070. The van der Waals surface area contributed by atoms with Crippen molar-refractivity contribution in [2.24, 2.45) is 0 Å². The molecule has 8 nitrogen and oxygen atoms in total. The van der Waals surface area contributed by atoms with Crippen LogP contribution in [-0.2, 0) is 11.3 Å². The molecular formula is C19H19N5O3. The fraction of sp³-hybridized carbons (Fsp3) is 0.368. The number of aromatic nitrogens is 3. The van der Waals surface area contributed by atoms with Crippen molar-refractivity contribution >= 4 is 28.0 Å². The molecule has 3 heterocycles. The van der Waals surface area contributed by atoms with Crippen molar-refractivity contribution in [1.29, 1.82) is 5.26 Å². The van der Waals surface area contributed by atoms with E-state index in [9.17, 15) is 10.1 Å². The normalized spacial score (nSPS) is 19.9. The van der Waals surface area contributed by atoms with Crippen molar-refractivity contribution in [2.75, 3.05) is 6.61 Å². The average molecular weight is 365 g/mol. The second kappa shape index (κ2) is 6.85. The van der Waals surface area contributed by atoms with Gasteiger partial charge in [0.05, 0.1) is 41.5 Å². The summed E-state index contributed by atoms with van der Waals surface area (Å²) in [4.78, 5) is 20.1. The van der Waals surface area contributed by atoms with Gasteiger partial charge in [-0.1, -0.05) is 0 Å². The van der Waals surface area contributed by atoms with E-state index in [0.29, 0.717) is 23.5 Å². The Labute approximate surface area is 155 Å². The fourth-order valence-corrected chi connectivity index (χ4v) is 3.78. The second-order valence-corrected chi connectivity index (χ2v) is 6.75. The van der Waals surface area contributed by atoms with Crippen LogP contribution in [0.4, 0.5) is 4.79 Å². The van der Waals surface area contributed by atoms with Crippen LogP contribution < -0.4 is 5.32 Å². The van der Waals surface area contributed by atoms with E-state index in [2.05, 4.69) is 25.9 Å². The topological polar surface area (TPSA) is 113 Å². The number of pyridine rings is 1. The van der Waals surface area contributed by atoms with Gasteiger partial charge in [-0.05, 0) is 38.0 Å². The third-order valence-corrected chi connectivity index (χ3v) is 4.94. The van der Waals surface area contributed by atoms with Crippen LogP contribution in [-0.4, -0.2) is 38.4 Å². The summed E-state index contributed by atoms with van der Waals surface area (Å²) < 4.78 is 7.79. The van der Waals surface area contributed by atoms with Gasteiger partial charge in [-0.15, -0.1) is 0 Å². The van der Waals surface area contributed by atoms with E-state index in [0.717, 1.165) is 29.3 Å². The minimum absolute atomic E-state index is 0.106. The van der Waals surface area contributed by atoms with Crippen molar-refractivity contribution in [3.8, 4) is 6.07 Å². The zero-order valence-electron chi connectivity index (χ0n) is 14.8. The van der Waals surface area contributed by atoms with Gasteiger partial charge in [-0.3, -0.25) is 4.98 Å². The molecule has 1 aliphatic rings. The molecule has 4 rings (SSSR count). The maximum absolute atomic E-state index is 11.0. The highest BCUT2D eigenvalue weighted by molar-refractivity contribution is 6.02. The van der Waals surface area contributed by atoms with Crippen LogP contribution in [0.5, 0.6) is 0 Å². The molecule has 0 radical (unpaired) electrons. The number of nitrogens with one attached hydrogen (secondary N) is 1. The zero-order chi connectivity index (χ0) is 19.0. The number of nitriles is 1. The third kappa shape index (κ3) is 3.17. The minimum atomic E-state index is -1.09. The predicted molar refractivity (Wildman–Crippen MR) is 98.3 cm³/mol. The maximum Gasteiger partial charge on any atom is 0.405 e. The van der Waals surface area contributed by atoms with Crippen molar-refractivity contribution in [1.82, 2.24) is 19.9 Å². The smallest absolute Gasteiger partial charge is 0.405 e. The summed E-state index contributed by atoms with van der Waals surface area (Å²) in [5.41, 5.74) is 2.91. The van der Waals surface area contributed by atoms with Gasteiger partial charge in [0.15, 0.2) is 0 Å². The summed E-state index contributed by atoms with van der Waals surface area (Å²) in [6.45, 7) is 2.78. The maximum atomic E-state index is 11.0. The lowest BCUT2D eigenvalue weighted by Gasteiger charge is -2.30. The largest absolute Gasteiger partial charge is 0.465 e. The Morgan fingerprint density at radius 3 is 3.07 bits per heavy atom. The lowest BCUT2D eigenvalue weighted by Crippen LogP contribution is -2.28. The first-order valence-electron chi connectivity index (χ1n) is 8.85. The Kier molecular flexibility index (Phi) is 4.38. The number of carboxylic acid groups (broad SMARTS) is 1. The van der Waals surface area contributed by atoms with E-state index < -0.39 is 6.09 Å². The highest BCUT2D eigenvalue weighted by Crippen LogP contribution is 2.33. The van der Waals surface area contributed by atoms with Gasteiger partial charge in [0.25, 0.3) is 0 Å². The van der Waals surface area contributed by atoms with E-state index in [1.807, 2.05) is 19.1 Å². The molecule has 0 aliphatic carbocycles. The summed E-state index contributed by atoms with van der Waals surface area (Å²) in [5, 5.41) is 21.6. The Morgan fingerprint density at radius 1 is 1.48 bits per heavy atom. The first kappa shape index (κ1) is 17.2. The number of ether oxygens (including phenoxy) is 1. The molecule has 1 aliphatic heterocycles. The average Bonchev–Trinajstić information content (AvgIpc) is 3.05. The van der Waals surface area contributed by atoms with Crippen LogP contribution in [0, 0.1) is 11.3 Å². The SMILES string of the molecule is C[C@@H]1C[C@H](n2c(CNC(=O)O)nc3cnc4ccc(C#N)cc4c32)CCO1. The third-order valence-electron chi connectivity index (χ3n) is 4.94. The first-order chi connectivity index (χ1) is 13.1. The lowest BCUT2D eigenvalue weighted by atomic mass is 10.0. The number of amides is 1. The van der Waals surface area contributed by atoms with Gasteiger partial charge < -0.3 is 19.7 Å². The highest BCUT2D eigenvalue weighted by atomic mass is 16.5. The van der Waals surface area contributed by atoms with Crippen LogP contribution in [0.1, 0.15) is 37.2 Å². The molecule has 2 aromatic heterocycles. The Balaban J connectivity index is 1.96. The fourth-order valence-electron chi connectivity index (χ4n) is 3.78. The van der Waals surface area contributed by atoms with Crippen LogP contribution in [0.3, 0.4) is 0 Å². The number of nitrogens with zero attached hydrogens (tertiary/aromatic N) is 4. The molecule has 3 aromatic rings. The van der Waals surface area contributed by atoms with Gasteiger partial charge in [0.2, 0.25) is 0 Å². The molecule has 2 atom stereocenters. The Hall–Kier alpha value is -3.18. The molecule has 0 bridgehead atoms. The number of hydrogen-bond donors (Lipinski definition) is 2. The van der Waals surface area contributed by atoms with E-state index in [1.165, 1.54) is 0 Å². The predicted octanol–water partition coefficient (Wildman–Crippen LogP) is 2.96. The molecule has 27 heavy (non-hydrogen) atoms. The van der Waals surface area contributed by atoms with E-state index in [-0.39, 0.29) is 18.7 Å². The summed E-state index contributed by atoms with van der Waals surface area (Å²) in [6.07, 6.45) is 2.35. The molecule has 1 saturated heterocycles. The van der Waals surface area contributed by atoms with Crippen molar-refractivity contribution in [3.63, 3.8) is 0 Å². The van der Waals surface area contributed by atoms with Crippen LogP contribution in [0.15, 0.2) is 24.4 Å². The first-order valence-corrected chi connectivity index (χ1v) is 8.85. The number of benzene rings is 1. The summed E-state index contributed by atoms with van der Waals surface area (Å²) >= 11 is 0. The van der Waals surface area contributed by atoms with Crippen LogP contribution in [0.25, 0.3) is 21.9 Å². The number of imidazole rings is 1. The van der Waals surface area contributed by atoms with Gasteiger partial charge in [-0.25, -0.2) is 9.78 Å². The van der Waals surface area contributed by atoms with Crippen molar-refractivity contribution < 1.29 is 14.6 Å². The number of carbonyl (C=O) groups is 1. The lowest BCUT2D eigenvalue weighted by molar-refractivity contribution is 0.00620. The highest BCUT2D eigenvalue weighted by Gasteiger charge is 2.26. The molecule has 1 amide bonds.